The van der Waals surface area contributed by atoms with E-state index < -0.39 is 9.84 Å². The van der Waals surface area contributed by atoms with Crippen LogP contribution < -0.4 is 9.80 Å². The Morgan fingerprint density at radius 3 is 2.29 bits per heavy atom. The van der Waals surface area contributed by atoms with Crippen LogP contribution in [0, 0.1) is 5.92 Å². The summed E-state index contributed by atoms with van der Waals surface area (Å²) in [5.74, 6) is 3.06. The normalized spacial score (nSPS) is 22.5. The first-order valence-electron chi connectivity index (χ1n) is 8.62. The predicted octanol–water partition coefficient (Wildman–Crippen LogP) is 0.489. The molecule has 3 rings (SSSR count). The maximum atomic E-state index is 11.5. The third-order valence-corrected chi connectivity index (χ3v) is 6.70. The molecule has 1 aromatic heterocycles. The van der Waals surface area contributed by atoms with Gasteiger partial charge in [-0.25, -0.2) is 8.42 Å². The molecule has 2 aliphatic heterocycles. The van der Waals surface area contributed by atoms with Gasteiger partial charge in [-0.2, -0.15) is 0 Å². The highest BCUT2D eigenvalue weighted by Crippen LogP contribution is 2.21. The molecular formula is C16H27N5O2S. The van der Waals surface area contributed by atoms with Gasteiger partial charge < -0.3 is 9.80 Å². The van der Waals surface area contributed by atoms with E-state index in [4.69, 9.17) is 0 Å². The molecule has 0 aliphatic carbocycles. The maximum absolute atomic E-state index is 11.5. The van der Waals surface area contributed by atoms with Crippen LogP contribution in [0.2, 0.25) is 0 Å². The van der Waals surface area contributed by atoms with Gasteiger partial charge in [0.1, 0.15) is 9.84 Å². The Bertz CT molecular complexity index is 625. The summed E-state index contributed by atoms with van der Waals surface area (Å²) < 4.78 is 23.0. The van der Waals surface area contributed by atoms with E-state index in [2.05, 4.69) is 20.0 Å². The zero-order chi connectivity index (χ0) is 17.2. The average molecular weight is 353 g/mol. The van der Waals surface area contributed by atoms with E-state index in [1.807, 2.05) is 31.1 Å². The molecule has 1 aromatic rings. The Kier molecular flexibility index (Phi) is 5.24. The van der Waals surface area contributed by atoms with Gasteiger partial charge in [0, 0.05) is 46.8 Å². The summed E-state index contributed by atoms with van der Waals surface area (Å²) in [5.41, 5.74) is 0. The zero-order valence-corrected chi connectivity index (χ0v) is 15.4. The topological polar surface area (TPSA) is 69.6 Å². The predicted molar refractivity (Wildman–Crippen MR) is 96.4 cm³/mol. The van der Waals surface area contributed by atoms with Gasteiger partial charge in [0.25, 0.3) is 0 Å². The first-order valence-corrected chi connectivity index (χ1v) is 10.4. The van der Waals surface area contributed by atoms with Crippen molar-refractivity contribution in [2.45, 2.75) is 12.8 Å². The lowest BCUT2D eigenvalue weighted by atomic mass is 10.0. The number of aromatic nitrogens is 2. The minimum atomic E-state index is -2.76. The number of hydrogen-bond acceptors (Lipinski definition) is 7. The fourth-order valence-corrected chi connectivity index (χ4v) is 4.96. The summed E-state index contributed by atoms with van der Waals surface area (Å²) >= 11 is 0. The van der Waals surface area contributed by atoms with E-state index >= 15 is 0 Å². The van der Waals surface area contributed by atoms with Gasteiger partial charge >= 0.3 is 0 Å². The molecule has 7 nitrogen and oxygen atoms in total. The first kappa shape index (κ1) is 17.4. The fourth-order valence-electron chi connectivity index (χ4n) is 3.37. The summed E-state index contributed by atoms with van der Waals surface area (Å²) in [6, 6.07) is 4.03. The monoisotopic (exact) mass is 353 g/mol. The number of nitrogens with zero attached hydrogens (tertiary/aromatic N) is 5. The van der Waals surface area contributed by atoms with Crippen molar-refractivity contribution in [3.8, 4) is 0 Å². The highest BCUT2D eigenvalue weighted by Gasteiger charge is 2.26. The van der Waals surface area contributed by atoms with Crippen LogP contribution in [-0.4, -0.2) is 81.8 Å². The summed E-state index contributed by atoms with van der Waals surface area (Å²) in [6.07, 6.45) is 1.64. The molecule has 0 bridgehead atoms. The quantitative estimate of drug-likeness (QED) is 0.780. The number of piperazine rings is 1. The fraction of sp³-hybridized carbons (Fsp3) is 0.750. The second-order valence-corrected chi connectivity index (χ2v) is 9.33. The van der Waals surface area contributed by atoms with Crippen molar-refractivity contribution < 1.29 is 8.42 Å². The van der Waals surface area contributed by atoms with Gasteiger partial charge in [-0.15, -0.1) is 10.2 Å². The molecule has 0 aromatic carbocycles. The van der Waals surface area contributed by atoms with E-state index in [0.717, 1.165) is 57.2 Å². The molecule has 0 atom stereocenters. The lowest BCUT2D eigenvalue weighted by Gasteiger charge is -2.37. The van der Waals surface area contributed by atoms with E-state index in [-0.39, 0.29) is 0 Å². The molecule has 0 amide bonds. The standard InChI is InChI=1S/C16H27N5O2S/c1-19(2)15-3-4-16(18-17-15)21-9-7-20(8-10-21)13-14-5-11-24(22,23)12-6-14/h3-4,14H,5-13H2,1-2H3. The van der Waals surface area contributed by atoms with Crippen molar-refractivity contribution in [1.29, 1.82) is 0 Å². The lowest BCUT2D eigenvalue weighted by molar-refractivity contribution is 0.210. The SMILES string of the molecule is CN(C)c1ccc(N2CCN(CC3CCS(=O)(=O)CC3)CC2)nn1. The van der Waals surface area contributed by atoms with Crippen molar-refractivity contribution in [2.75, 3.05) is 68.1 Å². The molecule has 0 spiro atoms. The Morgan fingerprint density at radius 1 is 1.08 bits per heavy atom. The van der Waals surface area contributed by atoms with Crippen LogP contribution in [0.5, 0.6) is 0 Å². The Hall–Kier alpha value is -1.41. The summed E-state index contributed by atoms with van der Waals surface area (Å²) in [5, 5.41) is 8.57. The molecule has 2 aliphatic rings. The Balaban J connectivity index is 1.47. The molecule has 8 heteroatoms. The van der Waals surface area contributed by atoms with Crippen molar-refractivity contribution in [2.24, 2.45) is 5.92 Å². The van der Waals surface area contributed by atoms with Gasteiger partial charge in [0.2, 0.25) is 0 Å². The Morgan fingerprint density at radius 2 is 1.75 bits per heavy atom. The largest absolute Gasteiger partial charge is 0.361 e. The van der Waals surface area contributed by atoms with Gasteiger partial charge in [-0.3, -0.25) is 4.90 Å². The van der Waals surface area contributed by atoms with Crippen LogP contribution in [0.1, 0.15) is 12.8 Å². The summed E-state index contributed by atoms with van der Waals surface area (Å²) in [4.78, 5) is 6.67. The van der Waals surface area contributed by atoms with Crippen LogP contribution in [-0.2, 0) is 9.84 Å². The zero-order valence-electron chi connectivity index (χ0n) is 14.6. The molecule has 3 heterocycles. The van der Waals surface area contributed by atoms with Crippen LogP contribution in [0.25, 0.3) is 0 Å². The number of rotatable bonds is 4. The molecular weight excluding hydrogens is 326 g/mol. The minimum absolute atomic E-state index is 0.367. The highest BCUT2D eigenvalue weighted by molar-refractivity contribution is 7.91. The van der Waals surface area contributed by atoms with Crippen molar-refractivity contribution in [3.63, 3.8) is 0 Å². The lowest BCUT2D eigenvalue weighted by Crippen LogP contribution is -2.48. The molecule has 0 unspecified atom stereocenters. The number of hydrogen-bond donors (Lipinski definition) is 0. The molecule has 0 N–H and O–H groups in total. The molecule has 0 saturated carbocycles. The average Bonchev–Trinajstić information content (AvgIpc) is 2.58. The van der Waals surface area contributed by atoms with Crippen molar-refractivity contribution in [1.82, 2.24) is 15.1 Å². The van der Waals surface area contributed by atoms with Crippen LogP contribution in [0.4, 0.5) is 11.6 Å². The minimum Gasteiger partial charge on any atom is -0.361 e. The third-order valence-electron chi connectivity index (χ3n) is 4.98. The summed E-state index contributed by atoms with van der Waals surface area (Å²) in [7, 11) is 1.16. The highest BCUT2D eigenvalue weighted by atomic mass is 32.2. The third kappa shape index (κ3) is 4.36. The van der Waals surface area contributed by atoms with Crippen LogP contribution in [0.3, 0.4) is 0 Å². The van der Waals surface area contributed by atoms with E-state index in [0.29, 0.717) is 17.4 Å². The summed E-state index contributed by atoms with van der Waals surface area (Å²) in [6.45, 7) is 4.91. The molecule has 2 saturated heterocycles. The maximum Gasteiger partial charge on any atom is 0.151 e. The second kappa shape index (κ2) is 7.23. The number of sulfone groups is 1. The van der Waals surface area contributed by atoms with Crippen molar-refractivity contribution in [3.05, 3.63) is 12.1 Å². The van der Waals surface area contributed by atoms with Crippen LogP contribution in [0.15, 0.2) is 12.1 Å². The van der Waals surface area contributed by atoms with E-state index in [9.17, 15) is 8.42 Å². The first-order chi connectivity index (χ1) is 11.4. The number of anilines is 2. The van der Waals surface area contributed by atoms with Crippen LogP contribution >= 0.6 is 0 Å². The second-order valence-electron chi connectivity index (χ2n) is 7.03. The molecule has 134 valence electrons. The van der Waals surface area contributed by atoms with E-state index in [1.54, 1.807) is 0 Å². The van der Waals surface area contributed by atoms with Gasteiger partial charge in [-0.1, -0.05) is 0 Å². The van der Waals surface area contributed by atoms with E-state index in [1.165, 1.54) is 0 Å². The molecule has 0 radical (unpaired) electrons. The molecule has 24 heavy (non-hydrogen) atoms. The van der Waals surface area contributed by atoms with Crippen molar-refractivity contribution >= 4 is 21.5 Å². The van der Waals surface area contributed by atoms with Gasteiger partial charge in [0.05, 0.1) is 11.5 Å². The van der Waals surface area contributed by atoms with Gasteiger partial charge in [-0.05, 0) is 30.9 Å². The van der Waals surface area contributed by atoms with Gasteiger partial charge in [0.15, 0.2) is 11.6 Å². The molecule has 2 fully saturated rings. The Labute approximate surface area is 144 Å². The smallest absolute Gasteiger partial charge is 0.151 e.